The zero-order valence-electron chi connectivity index (χ0n) is 21.6. The average molecular weight is 489 g/mol. The second kappa shape index (κ2) is 11.5. The number of morpholine rings is 1. The van der Waals surface area contributed by atoms with Crippen LogP contribution in [0.4, 0.5) is 5.88 Å². The van der Waals surface area contributed by atoms with Crippen molar-refractivity contribution in [1.29, 1.82) is 0 Å². The van der Waals surface area contributed by atoms with E-state index in [2.05, 4.69) is 41.5 Å². The molecular weight excluding hydrogens is 448 g/mol. The predicted octanol–water partition coefficient (Wildman–Crippen LogP) is 5.88. The van der Waals surface area contributed by atoms with Gasteiger partial charge < -0.3 is 23.2 Å². The van der Waals surface area contributed by atoms with Crippen LogP contribution in [0, 0.1) is 5.41 Å². The van der Waals surface area contributed by atoms with E-state index in [0.29, 0.717) is 49.5 Å². The van der Waals surface area contributed by atoms with E-state index in [9.17, 15) is 4.79 Å². The number of ether oxygens (including phenoxy) is 2. The van der Waals surface area contributed by atoms with Crippen LogP contribution in [0.5, 0.6) is 5.75 Å². The number of para-hydroxylation sites is 1. The predicted molar refractivity (Wildman–Crippen MR) is 136 cm³/mol. The number of aromatic nitrogens is 1. The maximum atomic E-state index is 13.3. The number of ketones is 1. The Morgan fingerprint density at radius 2 is 1.71 bits per heavy atom. The van der Waals surface area contributed by atoms with E-state index in [-0.39, 0.29) is 23.9 Å². The van der Waals surface area contributed by atoms with Gasteiger partial charge in [0.2, 0.25) is 17.6 Å². The van der Waals surface area contributed by atoms with Crippen molar-refractivity contribution in [3.05, 3.63) is 41.9 Å². The molecule has 0 aliphatic carbocycles. The lowest BCUT2D eigenvalue weighted by Crippen LogP contribution is -2.40. The number of hydrogen-bond donors (Lipinski definition) is 0. The molecule has 188 valence electrons. The van der Waals surface area contributed by atoms with Crippen molar-refractivity contribution in [2.45, 2.75) is 65.8 Å². The van der Waals surface area contributed by atoms with Crippen LogP contribution >= 0.6 is 0 Å². The van der Waals surface area contributed by atoms with Crippen molar-refractivity contribution in [3.63, 3.8) is 0 Å². The Bertz CT molecular complexity index is 907. The summed E-state index contributed by atoms with van der Waals surface area (Å²) in [5.74, 6) is 1.41. The number of nitrogens with zero attached hydrogens (tertiary/aromatic N) is 2. The Labute approximate surface area is 204 Å². The maximum absolute atomic E-state index is 13.3. The minimum atomic E-state index is -1.95. The summed E-state index contributed by atoms with van der Waals surface area (Å²) in [6.07, 6.45) is -0.338. The molecule has 1 aromatic heterocycles. The first-order valence-electron chi connectivity index (χ1n) is 12.4. The van der Waals surface area contributed by atoms with E-state index in [1.807, 2.05) is 35.2 Å². The van der Waals surface area contributed by atoms with Crippen molar-refractivity contribution in [1.82, 2.24) is 4.98 Å². The van der Waals surface area contributed by atoms with Crippen LogP contribution in [-0.2, 0) is 9.16 Å². The van der Waals surface area contributed by atoms with Crippen LogP contribution in [0.15, 0.2) is 34.7 Å². The van der Waals surface area contributed by atoms with Gasteiger partial charge in [-0.05, 0) is 35.7 Å². The summed E-state index contributed by atoms with van der Waals surface area (Å²) in [5, 5.41) is 0. The van der Waals surface area contributed by atoms with Crippen LogP contribution < -0.4 is 9.64 Å². The summed E-state index contributed by atoms with van der Waals surface area (Å²) in [4.78, 5) is 20.1. The minimum Gasteiger partial charge on any atom is -0.485 e. The molecule has 1 atom stereocenters. The fourth-order valence-electron chi connectivity index (χ4n) is 4.18. The summed E-state index contributed by atoms with van der Waals surface area (Å²) in [7, 11) is -1.95. The number of carbonyl (C=O) groups is 1. The summed E-state index contributed by atoms with van der Waals surface area (Å²) in [6, 6.07) is 12.4. The van der Waals surface area contributed by atoms with Gasteiger partial charge in [-0.25, -0.2) is 4.98 Å². The number of hydrogen-bond acceptors (Lipinski definition) is 7. The van der Waals surface area contributed by atoms with Gasteiger partial charge in [0.1, 0.15) is 11.9 Å². The molecule has 3 rings (SSSR count). The highest BCUT2D eigenvalue weighted by molar-refractivity contribution is 6.73. The lowest BCUT2D eigenvalue weighted by atomic mass is 9.89. The number of carbonyl (C=O) groups excluding carboxylic acids is 1. The molecule has 1 unspecified atom stereocenters. The Morgan fingerprint density at radius 3 is 2.26 bits per heavy atom. The fourth-order valence-corrected chi connectivity index (χ4v) is 7.14. The van der Waals surface area contributed by atoms with Crippen molar-refractivity contribution < 1.29 is 23.1 Å². The first-order valence-corrected chi connectivity index (χ1v) is 15.0. The Hall–Kier alpha value is -2.16. The highest BCUT2D eigenvalue weighted by Gasteiger charge is 2.41. The smallest absolute Gasteiger partial charge is 0.227 e. The van der Waals surface area contributed by atoms with Gasteiger partial charge in [-0.2, -0.15) is 0 Å². The lowest BCUT2D eigenvalue weighted by Gasteiger charge is -2.37. The first-order chi connectivity index (χ1) is 16.2. The number of rotatable bonds is 11. The molecular formula is C26H40N2O5Si. The summed E-state index contributed by atoms with van der Waals surface area (Å²) < 4.78 is 24.5. The van der Waals surface area contributed by atoms with Gasteiger partial charge in [0.05, 0.1) is 13.2 Å². The van der Waals surface area contributed by atoms with Crippen molar-refractivity contribution >= 4 is 20.0 Å². The molecule has 1 aliphatic heterocycles. The van der Waals surface area contributed by atoms with Gasteiger partial charge in [0.15, 0.2) is 20.6 Å². The van der Waals surface area contributed by atoms with Gasteiger partial charge >= 0.3 is 0 Å². The molecule has 1 fully saturated rings. The minimum absolute atomic E-state index is 0.105. The van der Waals surface area contributed by atoms with E-state index in [0.717, 1.165) is 18.1 Å². The summed E-state index contributed by atoms with van der Waals surface area (Å²) in [6.45, 7) is 15.4. The number of anilines is 1. The van der Waals surface area contributed by atoms with Crippen molar-refractivity contribution in [2.75, 3.05) is 37.8 Å². The Kier molecular flexibility index (Phi) is 8.95. The second-order valence-electron chi connectivity index (χ2n) is 9.94. The molecule has 0 spiro atoms. The SMILES string of the molecule is CC[Si](CC)(CC)OC(c1nc(C(=O)COc2ccccc2)c(N2CCOCC2)o1)C(C)(C)C. The van der Waals surface area contributed by atoms with E-state index in [1.54, 1.807) is 0 Å². The molecule has 0 radical (unpaired) electrons. The van der Waals surface area contributed by atoms with E-state index < -0.39 is 8.32 Å². The van der Waals surface area contributed by atoms with E-state index in [1.165, 1.54) is 0 Å². The zero-order valence-corrected chi connectivity index (χ0v) is 22.6. The van der Waals surface area contributed by atoms with Crippen LogP contribution in [0.3, 0.4) is 0 Å². The molecule has 34 heavy (non-hydrogen) atoms. The third-order valence-electron chi connectivity index (χ3n) is 6.61. The van der Waals surface area contributed by atoms with Gasteiger partial charge in [0.25, 0.3) is 0 Å². The second-order valence-corrected chi connectivity index (χ2v) is 14.7. The number of benzene rings is 1. The van der Waals surface area contributed by atoms with Crippen LogP contribution in [-0.4, -0.2) is 52.0 Å². The lowest BCUT2D eigenvalue weighted by molar-refractivity contribution is 0.0512. The monoisotopic (exact) mass is 488 g/mol. The molecule has 0 saturated carbocycles. The highest BCUT2D eigenvalue weighted by Crippen LogP contribution is 2.42. The molecule has 0 amide bonds. The molecule has 1 aromatic carbocycles. The molecule has 2 aromatic rings. The van der Waals surface area contributed by atoms with Crippen molar-refractivity contribution in [2.24, 2.45) is 5.41 Å². The molecule has 1 aliphatic rings. The highest BCUT2D eigenvalue weighted by atomic mass is 28.4. The first kappa shape index (κ1) is 26.4. The van der Waals surface area contributed by atoms with E-state index in [4.69, 9.17) is 23.3 Å². The van der Waals surface area contributed by atoms with Gasteiger partial charge in [-0.15, -0.1) is 0 Å². The molecule has 2 heterocycles. The maximum Gasteiger partial charge on any atom is 0.227 e. The van der Waals surface area contributed by atoms with Gasteiger partial charge in [0, 0.05) is 13.1 Å². The molecule has 0 bridgehead atoms. The van der Waals surface area contributed by atoms with Crippen molar-refractivity contribution in [3.8, 4) is 5.75 Å². The fraction of sp³-hybridized carbons (Fsp3) is 0.615. The summed E-state index contributed by atoms with van der Waals surface area (Å²) >= 11 is 0. The zero-order chi connectivity index (χ0) is 24.8. The van der Waals surface area contributed by atoms with Gasteiger partial charge in [-0.1, -0.05) is 59.7 Å². The molecule has 0 N–H and O–H groups in total. The van der Waals surface area contributed by atoms with Gasteiger partial charge in [-0.3, -0.25) is 4.79 Å². The number of oxazole rings is 1. The van der Waals surface area contributed by atoms with Crippen LogP contribution in [0.1, 0.15) is 64.0 Å². The summed E-state index contributed by atoms with van der Waals surface area (Å²) in [5.41, 5.74) is 0.0635. The Morgan fingerprint density at radius 1 is 1.09 bits per heavy atom. The van der Waals surface area contributed by atoms with Crippen LogP contribution in [0.2, 0.25) is 18.1 Å². The largest absolute Gasteiger partial charge is 0.485 e. The molecule has 8 heteroatoms. The van der Waals surface area contributed by atoms with Crippen LogP contribution in [0.25, 0.3) is 0 Å². The normalized spacial score (nSPS) is 15.9. The average Bonchev–Trinajstić information content (AvgIpc) is 3.29. The molecule has 1 saturated heterocycles. The number of Topliss-reactive ketones (excluding diaryl/α,β-unsaturated/α-hetero) is 1. The third kappa shape index (κ3) is 6.28. The topological polar surface area (TPSA) is 74.0 Å². The quantitative estimate of drug-likeness (QED) is 0.289. The standard InChI is InChI=1S/C26H40N2O5Si/c1-7-34(8-2,9-3)33-23(26(4,5)6)24-27-22(25(32-24)28-15-17-30-18-16-28)21(29)19-31-20-13-11-10-12-14-20/h10-14,23H,7-9,15-19H2,1-6H3. The third-order valence-corrected chi connectivity index (χ3v) is 11.2. The Balaban J connectivity index is 1.95. The molecule has 7 nitrogen and oxygen atoms in total. The van der Waals surface area contributed by atoms with E-state index >= 15 is 0 Å².